The zero-order valence-electron chi connectivity index (χ0n) is 10.8. The lowest BCUT2D eigenvalue weighted by molar-refractivity contribution is -0.280. The standard InChI is InChI=1S/C14H11F4NO2/c15-7-1-2-8(9(16)3-7)10(20)14(17,18)13-4-12(5-13,6-13)11(19)21/h1-3H,4-6H2,(H2,19,21). The molecular formula is C14H11F4NO2. The highest BCUT2D eigenvalue weighted by Crippen LogP contribution is 2.78. The molecule has 0 spiro atoms. The number of alkyl halides is 2. The van der Waals surface area contributed by atoms with Crippen molar-refractivity contribution in [3.63, 3.8) is 0 Å². The van der Waals surface area contributed by atoms with Gasteiger partial charge in [-0.05, 0) is 31.4 Å². The van der Waals surface area contributed by atoms with Crippen molar-refractivity contribution < 1.29 is 27.2 Å². The third-order valence-corrected chi connectivity index (χ3v) is 4.68. The summed E-state index contributed by atoms with van der Waals surface area (Å²) in [6, 6.07) is 1.84. The number of benzene rings is 1. The highest BCUT2D eigenvalue weighted by molar-refractivity contribution is 6.03. The maximum atomic E-state index is 14.3. The van der Waals surface area contributed by atoms with Gasteiger partial charge in [-0.1, -0.05) is 0 Å². The van der Waals surface area contributed by atoms with Crippen molar-refractivity contribution in [2.45, 2.75) is 25.2 Å². The van der Waals surface area contributed by atoms with Gasteiger partial charge in [0.25, 0.3) is 0 Å². The Bertz CT molecular complexity index is 651. The van der Waals surface area contributed by atoms with Crippen LogP contribution in [-0.2, 0) is 4.79 Å². The molecule has 7 heteroatoms. The van der Waals surface area contributed by atoms with Crippen LogP contribution in [-0.4, -0.2) is 17.6 Å². The minimum atomic E-state index is -3.80. The summed E-state index contributed by atoms with van der Waals surface area (Å²) in [5, 5.41) is 0. The van der Waals surface area contributed by atoms with Crippen molar-refractivity contribution >= 4 is 11.7 Å². The summed E-state index contributed by atoms with van der Waals surface area (Å²) < 4.78 is 54.9. The molecule has 1 aromatic carbocycles. The third-order valence-electron chi connectivity index (χ3n) is 4.68. The van der Waals surface area contributed by atoms with Crippen LogP contribution in [0.25, 0.3) is 0 Å². The summed E-state index contributed by atoms with van der Waals surface area (Å²) in [4.78, 5) is 23.0. The van der Waals surface area contributed by atoms with Gasteiger partial charge in [0.15, 0.2) is 0 Å². The molecule has 0 aliphatic heterocycles. The molecule has 0 atom stereocenters. The van der Waals surface area contributed by atoms with Crippen molar-refractivity contribution in [1.82, 2.24) is 0 Å². The highest BCUT2D eigenvalue weighted by atomic mass is 19.3. The maximum Gasteiger partial charge on any atom is 0.315 e. The summed E-state index contributed by atoms with van der Waals surface area (Å²) in [5.74, 6) is -8.41. The van der Waals surface area contributed by atoms with Gasteiger partial charge in [0.2, 0.25) is 11.7 Å². The molecule has 0 heterocycles. The Morgan fingerprint density at radius 2 is 1.71 bits per heavy atom. The fraction of sp³-hybridized carbons (Fsp3) is 0.429. The molecular weight excluding hydrogens is 290 g/mol. The van der Waals surface area contributed by atoms with E-state index < -0.39 is 45.6 Å². The van der Waals surface area contributed by atoms with Crippen LogP contribution in [0.2, 0.25) is 0 Å². The number of rotatable bonds is 4. The Morgan fingerprint density at radius 3 is 2.19 bits per heavy atom. The smallest absolute Gasteiger partial charge is 0.315 e. The number of carbonyl (C=O) groups is 2. The Labute approximate surface area is 117 Å². The van der Waals surface area contributed by atoms with E-state index in [1.807, 2.05) is 0 Å². The molecule has 0 aromatic heterocycles. The third kappa shape index (κ3) is 1.60. The Balaban J connectivity index is 1.87. The second-order valence-electron chi connectivity index (χ2n) is 5.98. The number of ketones is 1. The molecule has 1 aromatic rings. The van der Waals surface area contributed by atoms with Crippen LogP contribution in [0, 0.1) is 22.5 Å². The van der Waals surface area contributed by atoms with Gasteiger partial charge in [0, 0.05) is 11.5 Å². The van der Waals surface area contributed by atoms with Crippen molar-refractivity contribution in [3.8, 4) is 0 Å². The number of hydrogen-bond donors (Lipinski definition) is 1. The van der Waals surface area contributed by atoms with E-state index in [-0.39, 0.29) is 19.3 Å². The second kappa shape index (κ2) is 3.84. The first-order chi connectivity index (χ1) is 9.64. The molecule has 112 valence electrons. The summed E-state index contributed by atoms with van der Waals surface area (Å²) in [6.07, 6.45) is -0.509. The first-order valence-electron chi connectivity index (χ1n) is 6.31. The number of carbonyl (C=O) groups excluding carboxylic acids is 2. The summed E-state index contributed by atoms with van der Waals surface area (Å²) in [7, 11) is 0. The van der Waals surface area contributed by atoms with Gasteiger partial charge in [-0.15, -0.1) is 0 Å². The SMILES string of the molecule is NC(=O)C12CC(C(F)(F)C(=O)c3ccc(F)cc3F)(C1)C2. The number of halogens is 4. The van der Waals surface area contributed by atoms with E-state index in [1.165, 1.54) is 0 Å². The van der Waals surface area contributed by atoms with E-state index in [1.54, 1.807) is 0 Å². The second-order valence-corrected chi connectivity index (χ2v) is 5.98. The zero-order chi connectivity index (χ0) is 15.6. The van der Waals surface area contributed by atoms with Crippen LogP contribution in [0.15, 0.2) is 18.2 Å². The summed E-state index contributed by atoms with van der Waals surface area (Å²) in [5.41, 5.74) is 1.72. The first-order valence-corrected chi connectivity index (χ1v) is 6.31. The lowest BCUT2D eigenvalue weighted by Crippen LogP contribution is -2.74. The predicted octanol–water partition coefficient (Wildman–Crippen LogP) is 2.44. The number of hydrogen-bond acceptors (Lipinski definition) is 2. The average Bonchev–Trinajstić information content (AvgIpc) is 2.23. The Morgan fingerprint density at radius 1 is 1.14 bits per heavy atom. The van der Waals surface area contributed by atoms with E-state index in [4.69, 9.17) is 5.73 Å². The quantitative estimate of drug-likeness (QED) is 0.686. The number of Topliss-reactive ketones (excluding diaryl/α,β-unsaturated/α-hetero) is 1. The number of nitrogens with two attached hydrogens (primary N) is 1. The molecule has 3 fully saturated rings. The van der Waals surface area contributed by atoms with Crippen LogP contribution < -0.4 is 5.73 Å². The molecule has 2 bridgehead atoms. The van der Waals surface area contributed by atoms with Gasteiger partial charge in [0.1, 0.15) is 11.6 Å². The molecule has 3 saturated carbocycles. The number of primary amides is 1. The van der Waals surface area contributed by atoms with E-state index in [0.29, 0.717) is 12.1 Å². The normalized spacial score (nSPS) is 30.3. The molecule has 0 saturated heterocycles. The summed E-state index contributed by atoms with van der Waals surface area (Å²) >= 11 is 0. The Hall–Kier alpha value is -1.92. The van der Waals surface area contributed by atoms with Gasteiger partial charge in [-0.3, -0.25) is 9.59 Å². The lowest BCUT2D eigenvalue weighted by Gasteiger charge is -2.70. The van der Waals surface area contributed by atoms with Gasteiger partial charge in [-0.25, -0.2) is 8.78 Å². The molecule has 2 N–H and O–H groups in total. The van der Waals surface area contributed by atoms with Gasteiger partial charge < -0.3 is 5.73 Å². The van der Waals surface area contributed by atoms with E-state index in [0.717, 1.165) is 6.07 Å². The molecule has 1 amide bonds. The average molecular weight is 301 g/mol. The fourth-order valence-corrected chi connectivity index (χ4v) is 3.47. The van der Waals surface area contributed by atoms with Gasteiger partial charge >= 0.3 is 5.92 Å². The molecule has 21 heavy (non-hydrogen) atoms. The molecule has 0 radical (unpaired) electrons. The topological polar surface area (TPSA) is 60.2 Å². The van der Waals surface area contributed by atoms with Crippen LogP contribution in [0.4, 0.5) is 17.6 Å². The van der Waals surface area contributed by atoms with Crippen molar-refractivity contribution in [1.29, 1.82) is 0 Å². The lowest BCUT2D eigenvalue weighted by atomic mass is 9.32. The van der Waals surface area contributed by atoms with E-state index in [2.05, 4.69) is 0 Å². The highest BCUT2D eigenvalue weighted by Gasteiger charge is 2.81. The minimum absolute atomic E-state index is 0.170. The van der Waals surface area contributed by atoms with Crippen molar-refractivity contribution in [2.75, 3.05) is 0 Å². The maximum absolute atomic E-state index is 14.3. The van der Waals surface area contributed by atoms with Crippen LogP contribution in [0.3, 0.4) is 0 Å². The largest absolute Gasteiger partial charge is 0.369 e. The number of amides is 1. The van der Waals surface area contributed by atoms with E-state index in [9.17, 15) is 27.2 Å². The van der Waals surface area contributed by atoms with Crippen molar-refractivity contribution in [3.05, 3.63) is 35.4 Å². The molecule has 3 aliphatic carbocycles. The molecule has 3 nitrogen and oxygen atoms in total. The molecule has 0 unspecified atom stereocenters. The van der Waals surface area contributed by atoms with Gasteiger partial charge in [-0.2, -0.15) is 8.78 Å². The minimum Gasteiger partial charge on any atom is -0.369 e. The van der Waals surface area contributed by atoms with Crippen molar-refractivity contribution in [2.24, 2.45) is 16.6 Å². The molecule has 3 aliphatic rings. The monoisotopic (exact) mass is 301 g/mol. The van der Waals surface area contributed by atoms with E-state index >= 15 is 0 Å². The summed E-state index contributed by atoms with van der Waals surface area (Å²) in [6.45, 7) is 0. The van der Waals surface area contributed by atoms with Crippen LogP contribution in [0.5, 0.6) is 0 Å². The van der Waals surface area contributed by atoms with Gasteiger partial charge in [0.05, 0.1) is 11.0 Å². The zero-order valence-corrected chi connectivity index (χ0v) is 10.8. The molecule has 4 rings (SSSR count). The van der Waals surface area contributed by atoms with Crippen LogP contribution >= 0.6 is 0 Å². The Kier molecular flexibility index (Phi) is 2.56. The fourth-order valence-electron chi connectivity index (χ4n) is 3.47. The predicted molar refractivity (Wildman–Crippen MR) is 63.5 cm³/mol. The van der Waals surface area contributed by atoms with Crippen LogP contribution in [0.1, 0.15) is 29.6 Å². The first kappa shape index (κ1) is 14.0.